The molecule has 0 saturated heterocycles. The molecule has 0 atom stereocenters. The molecular weight excluding hydrogens is 306 g/mol. The number of carbonyl (C=O) groups is 1. The van der Waals surface area contributed by atoms with E-state index in [0.717, 1.165) is 11.3 Å². The van der Waals surface area contributed by atoms with E-state index in [1.165, 1.54) is 6.08 Å². The lowest BCUT2D eigenvalue weighted by molar-refractivity contribution is -0.112. The van der Waals surface area contributed by atoms with Crippen molar-refractivity contribution in [3.05, 3.63) is 66.4 Å². The van der Waals surface area contributed by atoms with Crippen LogP contribution in [-0.2, 0) is 4.79 Å². The van der Waals surface area contributed by atoms with Gasteiger partial charge in [0.1, 0.15) is 11.4 Å². The third-order valence-electron chi connectivity index (χ3n) is 3.23. The molecule has 6 nitrogen and oxygen atoms in total. The molecule has 0 radical (unpaired) electrons. The molecule has 2 heterocycles. The molecule has 0 spiro atoms. The van der Waals surface area contributed by atoms with Crippen molar-refractivity contribution in [3.8, 4) is 17.1 Å². The predicted octanol–water partition coefficient (Wildman–Crippen LogP) is 3.40. The topological polar surface area (TPSA) is 77.2 Å². The lowest BCUT2D eigenvalue weighted by Crippen LogP contribution is -2.06. The van der Waals surface area contributed by atoms with Gasteiger partial charge in [0.2, 0.25) is 5.88 Å². The highest BCUT2D eigenvalue weighted by Gasteiger charge is 2.08. The molecule has 0 fully saturated rings. The summed E-state index contributed by atoms with van der Waals surface area (Å²) in [7, 11) is 1.61. The molecule has 3 aromatic rings. The summed E-state index contributed by atoms with van der Waals surface area (Å²) >= 11 is 0. The first-order valence-corrected chi connectivity index (χ1v) is 7.26. The number of nitrogens with one attached hydrogen (secondary N) is 1. The summed E-state index contributed by atoms with van der Waals surface area (Å²) in [5, 5.41) is 6.50. The number of nitrogens with zero attached hydrogens (tertiary/aromatic N) is 2. The summed E-state index contributed by atoms with van der Waals surface area (Å²) in [6.45, 7) is 0. The van der Waals surface area contributed by atoms with Gasteiger partial charge in [0.05, 0.1) is 12.8 Å². The highest BCUT2D eigenvalue weighted by Crippen LogP contribution is 2.19. The van der Waals surface area contributed by atoms with Crippen molar-refractivity contribution in [1.29, 1.82) is 0 Å². The predicted molar refractivity (Wildman–Crippen MR) is 90.4 cm³/mol. The zero-order chi connectivity index (χ0) is 16.8. The van der Waals surface area contributed by atoms with Crippen LogP contribution in [0.15, 0.2) is 65.3 Å². The Morgan fingerprint density at radius 1 is 1.17 bits per heavy atom. The van der Waals surface area contributed by atoms with Crippen molar-refractivity contribution in [1.82, 2.24) is 10.1 Å². The van der Waals surface area contributed by atoms with E-state index in [9.17, 15) is 4.79 Å². The number of methoxy groups -OCH3 is 1. The Hall–Kier alpha value is -3.41. The number of aromatic nitrogens is 2. The number of hydrogen-bond donors (Lipinski definition) is 1. The maximum absolute atomic E-state index is 11.9. The van der Waals surface area contributed by atoms with Gasteiger partial charge in [0.25, 0.3) is 5.91 Å². The van der Waals surface area contributed by atoms with Crippen molar-refractivity contribution < 1.29 is 14.1 Å². The van der Waals surface area contributed by atoms with Gasteiger partial charge >= 0.3 is 0 Å². The molecule has 1 amide bonds. The van der Waals surface area contributed by atoms with E-state index in [1.54, 1.807) is 25.4 Å². The van der Waals surface area contributed by atoms with E-state index in [2.05, 4.69) is 15.5 Å². The zero-order valence-corrected chi connectivity index (χ0v) is 13.0. The van der Waals surface area contributed by atoms with E-state index in [4.69, 9.17) is 9.26 Å². The molecule has 0 bridgehead atoms. The van der Waals surface area contributed by atoms with Crippen LogP contribution in [0.3, 0.4) is 0 Å². The van der Waals surface area contributed by atoms with Gasteiger partial charge in [-0.1, -0.05) is 23.4 Å². The van der Waals surface area contributed by atoms with Crippen LogP contribution in [0.2, 0.25) is 0 Å². The minimum Gasteiger partial charge on any atom is -0.497 e. The highest BCUT2D eigenvalue weighted by molar-refractivity contribution is 6.01. The van der Waals surface area contributed by atoms with E-state index in [0.29, 0.717) is 11.4 Å². The Labute approximate surface area is 138 Å². The van der Waals surface area contributed by atoms with Gasteiger partial charge in [-0.15, -0.1) is 0 Å². The zero-order valence-electron chi connectivity index (χ0n) is 13.0. The second kappa shape index (κ2) is 7.23. The van der Waals surface area contributed by atoms with Crippen molar-refractivity contribution in [2.24, 2.45) is 0 Å². The Balaban J connectivity index is 1.62. The molecule has 0 aliphatic rings. The number of anilines is 1. The summed E-state index contributed by atoms with van der Waals surface area (Å²) in [5.74, 6) is 0.717. The summed E-state index contributed by atoms with van der Waals surface area (Å²) in [6, 6.07) is 14.5. The van der Waals surface area contributed by atoms with Gasteiger partial charge in [-0.2, -0.15) is 0 Å². The van der Waals surface area contributed by atoms with E-state index < -0.39 is 0 Å². The Morgan fingerprint density at radius 2 is 2.00 bits per heavy atom. The molecule has 0 aliphatic heterocycles. The quantitative estimate of drug-likeness (QED) is 0.729. The van der Waals surface area contributed by atoms with Crippen LogP contribution in [0.1, 0.15) is 5.56 Å². The van der Waals surface area contributed by atoms with Gasteiger partial charge < -0.3 is 9.26 Å². The maximum Gasteiger partial charge on any atom is 0.250 e. The largest absolute Gasteiger partial charge is 0.497 e. The lowest BCUT2D eigenvalue weighted by Gasteiger charge is -1.99. The fourth-order valence-corrected chi connectivity index (χ4v) is 2.02. The molecule has 1 N–H and O–H groups in total. The van der Waals surface area contributed by atoms with Crippen molar-refractivity contribution in [2.45, 2.75) is 0 Å². The smallest absolute Gasteiger partial charge is 0.250 e. The Morgan fingerprint density at radius 3 is 2.71 bits per heavy atom. The molecule has 2 aromatic heterocycles. The number of amides is 1. The van der Waals surface area contributed by atoms with Crippen LogP contribution in [-0.4, -0.2) is 23.2 Å². The first-order valence-electron chi connectivity index (χ1n) is 7.26. The number of benzene rings is 1. The molecule has 0 aliphatic carbocycles. The fourth-order valence-electron chi connectivity index (χ4n) is 2.02. The second-order valence-corrected chi connectivity index (χ2v) is 4.89. The van der Waals surface area contributed by atoms with Gasteiger partial charge in [-0.05, 0) is 35.9 Å². The van der Waals surface area contributed by atoms with Crippen LogP contribution >= 0.6 is 0 Å². The lowest BCUT2D eigenvalue weighted by atomic mass is 10.2. The van der Waals surface area contributed by atoms with Gasteiger partial charge in [-0.25, -0.2) is 0 Å². The van der Waals surface area contributed by atoms with Crippen LogP contribution < -0.4 is 10.1 Å². The number of ether oxygens (including phenoxy) is 1. The second-order valence-electron chi connectivity index (χ2n) is 4.89. The standard InChI is InChI=1S/C18H15N3O3/c1-23-14-8-5-13(6-9-14)7-10-17(22)20-18-12-16(21-24-18)15-4-2-3-11-19-15/h2-12H,1H3,(H,20,22). The Bertz CT molecular complexity index is 839. The molecule has 1 aromatic carbocycles. The summed E-state index contributed by atoms with van der Waals surface area (Å²) in [4.78, 5) is 16.1. The van der Waals surface area contributed by atoms with Crippen LogP contribution in [0, 0.1) is 0 Å². The summed E-state index contributed by atoms with van der Waals surface area (Å²) in [6.07, 6.45) is 4.79. The van der Waals surface area contributed by atoms with Crippen LogP contribution in [0.4, 0.5) is 5.88 Å². The molecular formula is C18H15N3O3. The number of hydrogen-bond acceptors (Lipinski definition) is 5. The normalized spacial score (nSPS) is 10.7. The Kier molecular flexibility index (Phi) is 4.67. The monoisotopic (exact) mass is 321 g/mol. The minimum absolute atomic E-state index is 0.264. The van der Waals surface area contributed by atoms with E-state index in [1.807, 2.05) is 42.5 Å². The summed E-state index contributed by atoms with van der Waals surface area (Å²) < 4.78 is 10.2. The van der Waals surface area contributed by atoms with Crippen molar-refractivity contribution in [2.75, 3.05) is 12.4 Å². The maximum atomic E-state index is 11.9. The van der Waals surface area contributed by atoms with Gasteiger partial charge in [-0.3, -0.25) is 15.1 Å². The third-order valence-corrected chi connectivity index (χ3v) is 3.23. The SMILES string of the molecule is COc1ccc(C=CC(=O)Nc2cc(-c3ccccn3)no2)cc1. The number of carbonyl (C=O) groups excluding carboxylic acids is 1. The fraction of sp³-hybridized carbons (Fsp3) is 0.0556. The third kappa shape index (κ3) is 3.86. The molecule has 6 heteroatoms. The average Bonchev–Trinajstić information content (AvgIpc) is 3.09. The van der Waals surface area contributed by atoms with Gasteiger partial charge in [0.15, 0.2) is 0 Å². The van der Waals surface area contributed by atoms with Crippen LogP contribution in [0.5, 0.6) is 5.75 Å². The number of rotatable bonds is 5. The molecule has 0 unspecified atom stereocenters. The van der Waals surface area contributed by atoms with E-state index in [-0.39, 0.29) is 11.8 Å². The van der Waals surface area contributed by atoms with Crippen molar-refractivity contribution >= 4 is 17.9 Å². The molecule has 120 valence electrons. The molecule has 0 saturated carbocycles. The highest BCUT2D eigenvalue weighted by atomic mass is 16.5. The average molecular weight is 321 g/mol. The van der Waals surface area contributed by atoms with Gasteiger partial charge in [0, 0.05) is 18.3 Å². The molecule has 24 heavy (non-hydrogen) atoms. The van der Waals surface area contributed by atoms with Crippen molar-refractivity contribution in [3.63, 3.8) is 0 Å². The van der Waals surface area contributed by atoms with Crippen LogP contribution in [0.25, 0.3) is 17.5 Å². The number of pyridine rings is 1. The molecule has 3 rings (SSSR count). The minimum atomic E-state index is -0.311. The summed E-state index contributed by atoms with van der Waals surface area (Å²) in [5.41, 5.74) is 2.12. The first kappa shape index (κ1) is 15.5. The van der Waals surface area contributed by atoms with E-state index >= 15 is 0 Å². The first-order chi connectivity index (χ1) is 11.7.